The van der Waals surface area contributed by atoms with Crippen LogP contribution in [0.2, 0.25) is 0 Å². The number of halogens is 1. The summed E-state index contributed by atoms with van der Waals surface area (Å²) in [5.41, 5.74) is 0.118. The van der Waals surface area contributed by atoms with Gasteiger partial charge in [0, 0.05) is 17.7 Å². The second-order valence-electron chi connectivity index (χ2n) is 5.58. The lowest BCUT2D eigenvalue weighted by molar-refractivity contribution is -0.141. The minimum Gasteiger partial charge on any atom is -0.469 e. The summed E-state index contributed by atoms with van der Waals surface area (Å²) in [5.74, 6) is 1.94. The summed E-state index contributed by atoms with van der Waals surface area (Å²) in [6, 6.07) is 1.94. The van der Waals surface area contributed by atoms with Crippen molar-refractivity contribution in [3.63, 3.8) is 0 Å². The van der Waals surface area contributed by atoms with E-state index in [4.69, 9.17) is 4.74 Å². The van der Waals surface area contributed by atoms with Crippen molar-refractivity contribution < 1.29 is 9.53 Å². The first-order valence-corrected chi connectivity index (χ1v) is 8.46. The molecule has 1 saturated carbocycles. The topological polar surface area (TPSA) is 52.1 Å². The Morgan fingerprint density at radius 3 is 2.75 bits per heavy atom. The Kier molecular flexibility index (Phi) is 5.07. The van der Waals surface area contributed by atoms with E-state index in [1.807, 2.05) is 6.07 Å². The number of rotatable bonds is 6. The van der Waals surface area contributed by atoms with Gasteiger partial charge in [-0.2, -0.15) is 0 Å². The number of thioether (sulfide) groups is 1. The number of aromatic nitrogens is 2. The fraction of sp³-hybridized carbons (Fsp3) is 0.643. The predicted octanol–water partition coefficient (Wildman–Crippen LogP) is 3.80. The summed E-state index contributed by atoms with van der Waals surface area (Å²) >= 11 is 5.13. The maximum absolute atomic E-state index is 11.4. The van der Waals surface area contributed by atoms with Gasteiger partial charge in [-0.3, -0.25) is 4.79 Å². The van der Waals surface area contributed by atoms with Crippen molar-refractivity contribution in [2.24, 2.45) is 5.41 Å². The van der Waals surface area contributed by atoms with E-state index in [1.165, 1.54) is 7.11 Å². The highest BCUT2D eigenvalue weighted by Gasteiger charge is 2.44. The fourth-order valence-corrected chi connectivity index (χ4v) is 3.65. The molecule has 0 amide bonds. The van der Waals surface area contributed by atoms with Crippen molar-refractivity contribution in [2.75, 3.05) is 12.9 Å². The molecule has 1 aromatic rings. The van der Waals surface area contributed by atoms with Gasteiger partial charge in [-0.25, -0.2) is 9.97 Å². The monoisotopic (exact) mass is 358 g/mol. The summed E-state index contributed by atoms with van der Waals surface area (Å²) in [5, 5.41) is 0.965. The van der Waals surface area contributed by atoms with Crippen LogP contribution < -0.4 is 0 Å². The first kappa shape index (κ1) is 15.8. The van der Waals surface area contributed by atoms with E-state index in [0.29, 0.717) is 12.3 Å². The lowest BCUT2D eigenvalue weighted by Gasteiger charge is -2.13. The van der Waals surface area contributed by atoms with Gasteiger partial charge in [0.15, 0.2) is 0 Å². The van der Waals surface area contributed by atoms with Crippen molar-refractivity contribution >= 4 is 33.7 Å². The van der Waals surface area contributed by atoms with E-state index < -0.39 is 0 Å². The summed E-state index contributed by atoms with van der Waals surface area (Å²) in [4.78, 5) is 20.4. The Hall–Kier alpha value is -0.620. The van der Waals surface area contributed by atoms with E-state index in [9.17, 15) is 4.79 Å². The average molecular weight is 359 g/mol. The molecule has 0 bridgehead atoms. The van der Waals surface area contributed by atoms with Crippen LogP contribution in [0.3, 0.4) is 0 Å². The minimum absolute atomic E-state index is 0.116. The molecule has 4 nitrogen and oxygen atoms in total. The van der Waals surface area contributed by atoms with Gasteiger partial charge in [0.05, 0.1) is 13.5 Å². The molecule has 110 valence electrons. The number of carbonyl (C=O) groups excluding carboxylic acids is 1. The van der Waals surface area contributed by atoms with Gasteiger partial charge in [0.1, 0.15) is 15.5 Å². The minimum atomic E-state index is -0.116. The maximum atomic E-state index is 11.4. The molecule has 0 spiro atoms. The fourth-order valence-electron chi connectivity index (χ4n) is 1.90. The number of carbonyl (C=O) groups is 1. The van der Waals surface area contributed by atoms with E-state index in [-0.39, 0.29) is 11.4 Å². The van der Waals surface area contributed by atoms with Crippen molar-refractivity contribution in [1.29, 1.82) is 0 Å². The highest BCUT2D eigenvalue weighted by molar-refractivity contribution is 9.10. The van der Waals surface area contributed by atoms with Crippen LogP contribution in [0.25, 0.3) is 0 Å². The SMILES string of the molecule is COC(=O)CC1(CSc2cc(Br)nc(C(C)C)n2)CC1. The number of nitrogens with zero attached hydrogens (tertiary/aromatic N) is 2. The van der Waals surface area contributed by atoms with Crippen LogP contribution in [-0.2, 0) is 9.53 Å². The normalized spacial score (nSPS) is 16.2. The second kappa shape index (κ2) is 6.43. The number of hydrogen-bond acceptors (Lipinski definition) is 5. The highest BCUT2D eigenvalue weighted by Crippen LogP contribution is 2.52. The smallest absolute Gasteiger partial charge is 0.306 e. The Morgan fingerprint density at radius 2 is 2.20 bits per heavy atom. The molecular weight excluding hydrogens is 340 g/mol. The molecule has 0 atom stereocenters. The molecule has 2 rings (SSSR count). The zero-order chi connectivity index (χ0) is 14.8. The molecule has 1 fully saturated rings. The molecule has 20 heavy (non-hydrogen) atoms. The van der Waals surface area contributed by atoms with Gasteiger partial charge in [-0.1, -0.05) is 13.8 Å². The number of ether oxygens (including phenoxy) is 1. The molecule has 1 heterocycles. The van der Waals surface area contributed by atoms with E-state index in [0.717, 1.165) is 34.0 Å². The molecule has 0 saturated heterocycles. The summed E-state index contributed by atoms with van der Waals surface area (Å²) < 4.78 is 5.58. The molecule has 1 aliphatic carbocycles. The van der Waals surface area contributed by atoms with Gasteiger partial charge in [0.2, 0.25) is 0 Å². The first-order valence-electron chi connectivity index (χ1n) is 6.68. The lowest BCUT2D eigenvalue weighted by atomic mass is 10.1. The standard InChI is InChI=1S/C14H19BrN2O2S/c1-9(2)13-16-10(15)6-11(17-13)20-8-14(4-5-14)7-12(18)19-3/h6,9H,4-5,7-8H2,1-3H3. The predicted molar refractivity (Wildman–Crippen MR) is 82.8 cm³/mol. The summed E-state index contributed by atoms with van der Waals surface area (Å²) in [6.45, 7) is 4.16. The van der Waals surface area contributed by atoms with Crippen molar-refractivity contribution in [1.82, 2.24) is 9.97 Å². The number of esters is 1. The summed E-state index contributed by atoms with van der Waals surface area (Å²) in [7, 11) is 1.45. The van der Waals surface area contributed by atoms with Gasteiger partial charge < -0.3 is 4.74 Å². The maximum Gasteiger partial charge on any atom is 0.306 e. The molecule has 1 aromatic heterocycles. The van der Waals surface area contributed by atoms with Gasteiger partial charge in [0.25, 0.3) is 0 Å². The number of methoxy groups -OCH3 is 1. The van der Waals surface area contributed by atoms with Crippen LogP contribution in [0, 0.1) is 5.41 Å². The van der Waals surface area contributed by atoms with Crippen LogP contribution >= 0.6 is 27.7 Å². The Bertz CT molecular complexity index is 504. The molecule has 0 radical (unpaired) electrons. The van der Waals surface area contributed by atoms with Gasteiger partial charge in [-0.05, 0) is 34.2 Å². The quantitative estimate of drug-likeness (QED) is 0.439. The van der Waals surface area contributed by atoms with Crippen molar-refractivity contribution in [2.45, 2.75) is 44.1 Å². The van der Waals surface area contributed by atoms with Crippen molar-refractivity contribution in [3.8, 4) is 0 Å². The van der Waals surface area contributed by atoms with E-state index in [2.05, 4.69) is 39.7 Å². The molecule has 0 N–H and O–H groups in total. The van der Waals surface area contributed by atoms with E-state index in [1.54, 1.807) is 11.8 Å². The molecule has 0 aliphatic heterocycles. The summed E-state index contributed by atoms with van der Waals surface area (Å²) in [6.07, 6.45) is 2.70. The third kappa shape index (κ3) is 4.19. The highest BCUT2D eigenvalue weighted by atomic mass is 79.9. The Balaban J connectivity index is 1.99. The van der Waals surface area contributed by atoms with E-state index >= 15 is 0 Å². The van der Waals surface area contributed by atoms with Crippen LogP contribution in [0.1, 0.15) is 44.9 Å². The molecule has 6 heteroatoms. The van der Waals surface area contributed by atoms with Gasteiger partial charge in [-0.15, -0.1) is 11.8 Å². The molecular formula is C14H19BrN2O2S. The van der Waals surface area contributed by atoms with Crippen LogP contribution in [-0.4, -0.2) is 28.8 Å². The lowest BCUT2D eigenvalue weighted by Crippen LogP contribution is -2.13. The largest absolute Gasteiger partial charge is 0.469 e. The molecule has 1 aliphatic rings. The third-order valence-corrected chi connectivity index (χ3v) is 5.10. The van der Waals surface area contributed by atoms with Crippen molar-refractivity contribution in [3.05, 3.63) is 16.5 Å². The third-order valence-electron chi connectivity index (χ3n) is 3.44. The zero-order valence-electron chi connectivity index (χ0n) is 12.0. The van der Waals surface area contributed by atoms with Crippen LogP contribution in [0.4, 0.5) is 0 Å². The zero-order valence-corrected chi connectivity index (χ0v) is 14.4. The first-order chi connectivity index (χ1) is 9.44. The van der Waals surface area contributed by atoms with Crippen LogP contribution in [0.5, 0.6) is 0 Å². The second-order valence-corrected chi connectivity index (χ2v) is 7.39. The average Bonchev–Trinajstić information content (AvgIpc) is 3.16. The van der Waals surface area contributed by atoms with Crippen LogP contribution in [0.15, 0.2) is 15.7 Å². The Morgan fingerprint density at radius 1 is 1.50 bits per heavy atom. The Labute approximate surface area is 132 Å². The molecule has 0 unspecified atom stereocenters. The molecule has 0 aromatic carbocycles. The van der Waals surface area contributed by atoms with Gasteiger partial charge >= 0.3 is 5.97 Å². The number of hydrogen-bond donors (Lipinski definition) is 0.